The van der Waals surface area contributed by atoms with Gasteiger partial charge in [0.15, 0.2) is 29.2 Å². The van der Waals surface area contributed by atoms with Crippen molar-refractivity contribution in [3.63, 3.8) is 0 Å². The van der Waals surface area contributed by atoms with Crippen LogP contribution in [0, 0.1) is 22.7 Å². The number of aromatic nitrogens is 2. The summed E-state index contributed by atoms with van der Waals surface area (Å²) in [5.74, 6) is 0.704. The Morgan fingerprint density at radius 2 is 1.96 bits per heavy atom. The monoisotopic (exact) mass is 360 g/mol. The van der Waals surface area contributed by atoms with Gasteiger partial charge in [0.25, 0.3) is 0 Å². The van der Waals surface area contributed by atoms with Crippen molar-refractivity contribution in [2.24, 2.45) is 0 Å². The lowest BCUT2D eigenvalue weighted by atomic mass is 10.1. The Balaban J connectivity index is 1.93. The van der Waals surface area contributed by atoms with Crippen molar-refractivity contribution in [2.75, 3.05) is 7.11 Å². The van der Waals surface area contributed by atoms with E-state index in [1.807, 2.05) is 36.4 Å². The molecule has 3 aromatic rings. The van der Waals surface area contributed by atoms with Crippen LogP contribution in [-0.4, -0.2) is 28.3 Å². The molecule has 0 radical (unpaired) electrons. The first-order chi connectivity index (χ1) is 13.1. The second-order valence-corrected chi connectivity index (χ2v) is 5.71. The maximum atomic E-state index is 10.6. The van der Waals surface area contributed by atoms with E-state index in [4.69, 9.17) is 14.7 Å². The van der Waals surface area contributed by atoms with Crippen molar-refractivity contribution in [3.8, 4) is 23.6 Å². The Morgan fingerprint density at radius 3 is 2.63 bits per heavy atom. The summed E-state index contributed by atoms with van der Waals surface area (Å²) in [6.07, 6.45) is -0.838. The molecule has 2 N–H and O–H groups in total. The number of ether oxygens (including phenoxy) is 2. The highest BCUT2D eigenvalue weighted by Gasteiger charge is 2.20. The molecule has 134 valence electrons. The predicted molar refractivity (Wildman–Crippen MR) is 99.1 cm³/mol. The van der Waals surface area contributed by atoms with E-state index in [0.717, 1.165) is 5.52 Å². The molecule has 0 saturated heterocycles. The minimum absolute atomic E-state index is 0.00804. The number of hydrogen-bond acceptors (Lipinski definition) is 6. The Hall–Kier alpha value is -3.97. The molecule has 0 amide bonds. The number of aliphatic hydroxyl groups is 1. The number of H-pyrrole nitrogens is 1. The van der Waals surface area contributed by atoms with Crippen LogP contribution in [0.25, 0.3) is 16.6 Å². The van der Waals surface area contributed by atoms with Gasteiger partial charge < -0.3 is 19.6 Å². The third-order valence-electron chi connectivity index (χ3n) is 3.98. The van der Waals surface area contributed by atoms with Gasteiger partial charge in [-0.15, -0.1) is 0 Å². The van der Waals surface area contributed by atoms with Crippen LogP contribution in [0.2, 0.25) is 0 Å². The molecule has 0 aliphatic rings. The molecule has 27 heavy (non-hydrogen) atoms. The van der Waals surface area contributed by atoms with Crippen molar-refractivity contribution in [2.45, 2.75) is 13.0 Å². The first kappa shape index (κ1) is 17.8. The fraction of sp³-hybridized carbons (Fsp3) is 0.150. The predicted octanol–water partition coefficient (Wildman–Crippen LogP) is 3.70. The summed E-state index contributed by atoms with van der Waals surface area (Å²) in [5.41, 5.74) is 1.86. The fourth-order valence-electron chi connectivity index (χ4n) is 2.59. The van der Waals surface area contributed by atoms with E-state index in [1.165, 1.54) is 13.2 Å². The number of rotatable bonds is 5. The number of methoxy groups -OCH3 is 1. The van der Waals surface area contributed by atoms with Crippen LogP contribution < -0.4 is 9.47 Å². The molecule has 0 aliphatic heterocycles. The van der Waals surface area contributed by atoms with Crippen molar-refractivity contribution in [1.82, 2.24) is 9.97 Å². The maximum Gasteiger partial charge on any atom is 0.162 e. The van der Waals surface area contributed by atoms with Crippen LogP contribution in [0.3, 0.4) is 0 Å². The minimum Gasteiger partial charge on any atom is -0.507 e. The molecular formula is C20H16N4O3. The van der Waals surface area contributed by atoms with Crippen LogP contribution >= 0.6 is 0 Å². The van der Waals surface area contributed by atoms with Crippen molar-refractivity contribution < 1.29 is 14.6 Å². The standard InChI is InChI=1S/C20H16N4O3/c1-12(27-17-8-7-13(10-21)9-18(17)26-2)19(25)14(11-22)20-23-15-5-3-4-6-16(15)24-20/h3-9,12,25H,1-2H3,(H,23,24)/b19-14-. The molecular weight excluding hydrogens is 344 g/mol. The summed E-state index contributed by atoms with van der Waals surface area (Å²) in [4.78, 5) is 7.35. The number of fused-ring (bicyclic) bond motifs is 1. The van der Waals surface area contributed by atoms with Gasteiger partial charge in [0.1, 0.15) is 11.6 Å². The van der Waals surface area contributed by atoms with Crippen LogP contribution in [0.5, 0.6) is 11.5 Å². The molecule has 7 heteroatoms. The second-order valence-electron chi connectivity index (χ2n) is 5.71. The van der Waals surface area contributed by atoms with E-state index in [2.05, 4.69) is 9.97 Å². The lowest BCUT2D eigenvalue weighted by Gasteiger charge is -2.17. The number of allylic oxidation sites excluding steroid dienone is 1. The number of nitriles is 2. The van der Waals surface area contributed by atoms with Crippen molar-refractivity contribution >= 4 is 16.6 Å². The lowest BCUT2D eigenvalue weighted by Crippen LogP contribution is -2.17. The van der Waals surface area contributed by atoms with Crippen molar-refractivity contribution in [3.05, 3.63) is 59.6 Å². The molecule has 0 aliphatic carbocycles. The van der Waals surface area contributed by atoms with E-state index in [9.17, 15) is 10.4 Å². The number of imidazole rings is 1. The number of aromatic amines is 1. The third kappa shape index (κ3) is 3.53. The fourth-order valence-corrected chi connectivity index (χ4v) is 2.59. The van der Waals surface area contributed by atoms with E-state index in [0.29, 0.717) is 22.6 Å². The molecule has 0 spiro atoms. The smallest absolute Gasteiger partial charge is 0.162 e. The molecule has 1 unspecified atom stereocenters. The zero-order chi connectivity index (χ0) is 19.4. The van der Waals surface area contributed by atoms with E-state index in [1.54, 1.807) is 19.1 Å². The van der Waals surface area contributed by atoms with Gasteiger partial charge in [0, 0.05) is 6.07 Å². The number of para-hydroxylation sites is 2. The summed E-state index contributed by atoms with van der Waals surface area (Å²) in [6.45, 7) is 1.60. The average molecular weight is 360 g/mol. The van der Waals surface area contributed by atoms with Gasteiger partial charge in [-0.25, -0.2) is 4.98 Å². The van der Waals surface area contributed by atoms with Gasteiger partial charge in [-0.05, 0) is 31.2 Å². The summed E-state index contributed by atoms with van der Waals surface area (Å²) in [6, 6.07) is 16.0. The van der Waals surface area contributed by atoms with Gasteiger partial charge in [0.2, 0.25) is 0 Å². The zero-order valence-corrected chi connectivity index (χ0v) is 14.7. The van der Waals surface area contributed by atoms with E-state index in [-0.39, 0.29) is 17.2 Å². The summed E-state index contributed by atoms with van der Waals surface area (Å²) in [7, 11) is 1.46. The largest absolute Gasteiger partial charge is 0.507 e. The molecule has 0 bridgehead atoms. The van der Waals surface area contributed by atoms with Gasteiger partial charge in [-0.1, -0.05) is 12.1 Å². The highest BCUT2D eigenvalue weighted by Crippen LogP contribution is 2.30. The van der Waals surface area contributed by atoms with Crippen LogP contribution in [-0.2, 0) is 0 Å². The number of aliphatic hydroxyl groups excluding tert-OH is 1. The Bertz CT molecular complexity index is 1070. The van der Waals surface area contributed by atoms with Crippen LogP contribution in [0.4, 0.5) is 0 Å². The highest BCUT2D eigenvalue weighted by atomic mass is 16.5. The molecule has 7 nitrogen and oxygen atoms in total. The van der Waals surface area contributed by atoms with Crippen LogP contribution in [0.15, 0.2) is 48.2 Å². The first-order valence-electron chi connectivity index (χ1n) is 8.10. The van der Waals surface area contributed by atoms with E-state index < -0.39 is 6.10 Å². The third-order valence-corrected chi connectivity index (χ3v) is 3.98. The molecule has 2 aromatic carbocycles. The zero-order valence-electron chi connectivity index (χ0n) is 14.7. The molecule has 0 fully saturated rings. The quantitative estimate of drug-likeness (QED) is 0.529. The number of nitrogens with one attached hydrogen (secondary N) is 1. The molecule has 1 heterocycles. The Labute approximate surface area is 155 Å². The van der Waals surface area contributed by atoms with Crippen LogP contribution in [0.1, 0.15) is 18.3 Å². The highest BCUT2D eigenvalue weighted by molar-refractivity contribution is 5.82. The normalized spacial score (nSPS) is 12.6. The number of nitrogens with zero attached hydrogens (tertiary/aromatic N) is 3. The molecule has 0 saturated carbocycles. The van der Waals surface area contributed by atoms with Gasteiger partial charge >= 0.3 is 0 Å². The molecule has 1 aromatic heterocycles. The first-order valence-corrected chi connectivity index (χ1v) is 8.10. The SMILES string of the molecule is COc1cc(C#N)ccc1OC(C)/C(O)=C(\C#N)c1nc2ccccc2[nH]1. The molecule has 3 rings (SSSR count). The number of benzene rings is 2. The second kappa shape index (κ2) is 7.51. The Kier molecular flexibility index (Phi) is 4.96. The topological polar surface area (TPSA) is 115 Å². The maximum absolute atomic E-state index is 10.6. The van der Waals surface area contributed by atoms with E-state index >= 15 is 0 Å². The van der Waals surface area contributed by atoms with Crippen molar-refractivity contribution in [1.29, 1.82) is 10.5 Å². The average Bonchev–Trinajstić information content (AvgIpc) is 3.12. The summed E-state index contributed by atoms with van der Waals surface area (Å²) in [5, 5.41) is 29.0. The van der Waals surface area contributed by atoms with Gasteiger partial charge in [0.05, 0.1) is 29.8 Å². The van der Waals surface area contributed by atoms with Gasteiger partial charge in [-0.3, -0.25) is 0 Å². The molecule has 1 atom stereocenters. The number of hydrogen-bond donors (Lipinski definition) is 2. The minimum atomic E-state index is -0.838. The Morgan fingerprint density at radius 1 is 1.19 bits per heavy atom. The summed E-state index contributed by atoms with van der Waals surface area (Å²) < 4.78 is 11.0. The summed E-state index contributed by atoms with van der Waals surface area (Å²) >= 11 is 0. The lowest BCUT2D eigenvalue weighted by molar-refractivity contribution is 0.187. The van der Waals surface area contributed by atoms with Gasteiger partial charge in [-0.2, -0.15) is 10.5 Å².